The van der Waals surface area contributed by atoms with Crippen LogP contribution in [0.1, 0.15) is 46.5 Å². The maximum absolute atomic E-state index is 12.3. The second-order valence-electron chi connectivity index (χ2n) is 5.22. The van der Waals surface area contributed by atoms with Crippen LogP contribution in [-0.2, 0) is 4.79 Å². The highest BCUT2D eigenvalue weighted by molar-refractivity contribution is 5.81. The predicted octanol–water partition coefficient (Wildman–Crippen LogP) is 2.32. The Kier molecular flexibility index (Phi) is 5.69. The van der Waals surface area contributed by atoms with Crippen molar-refractivity contribution in [2.24, 2.45) is 11.7 Å². The van der Waals surface area contributed by atoms with Crippen molar-refractivity contribution < 1.29 is 4.79 Å². The lowest BCUT2D eigenvalue weighted by molar-refractivity contribution is -0.135. The van der Waals surface area contributed by atoms with E-state index in [2.05, 4.69) is 20.8 Å². The zero-order valence-corrected chi connectivity index (χ0v) is 11.4. The number of nitrogens with two attached hydrogens (primary N) is 1. The van der Waals surface area contributed by atoms with Crippen LogP contribution in [-0.4, -0.2) is 29.4 Å². The van der Waals surface area contributed by atoms with E-state index in [4.69, 9.17) is 5.73 Å². The Morgan fingerprint density at radius 1 is 1.41 bits per heavy atom. The van der Waals surface area contributed by atoms with E-state index in [-0.39, 0.29) is 23.9 Å². The molecule has 1 amide bonds. The Hall–Kier alpha value is -0.830. The van der Waals surface area contributed by atoms with Crippen LogP contribution in [0.4, 0.5) is 0 Å². The van der Waals surface area contributed by atoms with Crippen molar-refractivity contribution in [3.63, 3.8) is 0 Å². The molecule has 2 N–H and O–H groups in total. The summed E-state index contributed by atoms with van der Waals surface area (Å²) in [7, 11) is 0. The van der Waals surface area contributed by atoms with Gasteiger partial charge in [-0.1, -0.05) is 31.9 Å². The molecule has 0 saturated carbocycles. The molecule has 0 aromatic rings. The summed E-state index contributed by atoms with van der Waals surface area (Å²) in [6.07, 6.45) is 8.18. The first-order valence-electron chi connectivity index (χ1n) is 6.80. The second kappa shape index (κ2) is 6.80. The topological polar surface area (TPSA) is 46.3 Å². The van der Waals surface area contributed by atoms with Gasteiger partial charge in [-0.05, 0) is 26.7 Å². The molecule has 1 rings (SSSR count). The van der Waals surface area contributed by atoms with E-state index in [0.29, 0.717) is 0 Å². The lowest BCUT2D eigenvalue weighted by Gasteiger charge is -2.29. The summed E-state index contributed by atoms with van der Waals surface area (Å²) in [6.45, 7) is 7.23. The standard InChI is InChI=1S/C14H26N2O/c1-4-5-6-9-16(11(2)3)14(17)12-7-8-13(15)10-12/h7-8,11-13H,4-6,9-10,15H2,1-3H3. The SMILES string of the molecule is CCCCCN(C(=O)C1C=CC(N)C1)C(C)C. The second-order valence-corrected chi connectivity index (χ2v) is 5.22. The van der Waals surface area contributed by atoms with Crippen molar-refractivity contribution in [1.82, 2.24) is 4.90 Å². The average molecular weight is 238 g/mol. The van der Waals surface area contributed by atoms with Gasteiger partial charge in [0.1, 0.15) is 0 Å². The average Bonchev–Trinajstić information content (AvgIpc) is 2.70. The van der Waals surface area contributed by atoms with Crippen molar-refractivity contribution in [3.05, 3.63) is 12.2 Å². The smallest absolute Gasteiger partial charge is 0.229 e. The highest BCUT2D eigenvalue weighted by atomic mass is 16.2. The van der Waals surface area contributed by atoms with Crippen molar-refractivity contribution in [2.75, 3.05) is 6.54 Å². The lowest BCUT2D eigenvalue weighted by Crippen LogP contribution is -2.41. The van der Waals surface area contributed by atoms with Crippen LogP contribution < -0.4 is 5.73 Å². The minimum atomic E-state index is 0.00836. The number of carbonyl (C=O) groups excluding carboxylic acids is 1. The van der Waals surface area contributed by atoms with Gasteiger partial charge in [0.2, 0.25) is 5.91 Å². The van der Waals surface area contributed by atoms with E-state index in [1.165, 1.54) is 12.8 Å². The van der Waals surface area contributed by atoms with Gasteiger partial charge in [-0.2, -0.15) is 0 Å². The van der Waals surface area contributed by atoms with E-state index in [1.54, 1.807) is 0 Å². The van der Waals surface area contributed by atoms with E-state index in [1.807, 2.05) is 17.1 Å². The van der Waals surface area contributed by atoms with E-state index >= 15 is 0 Å². The third-order valence-electron chi connectivity index (χ3n) is 3.34. The molecule has 2 atom stereocenters. The van der Waals surface area contributed by atoms with Crippen LogP contribution in [0.25, 0.3) is 0 Å². The first-order chi connectivity index (χ1) is 8.06. The van der Waals surface area contributed by atoms with Gasteiger partial charge >= 0.3 is 0 Å². The molecule has 0 radical (unpaired) electrons. The fraction of sp³-hybridized carbons (Fsp3) is 0.786. The number of nitrogens with zero attached hydrogens (tertiary/aromatic N) is 1. The molecule has 17 heavy (non-hydrogen) atoms. The van der Waals surface area contributed by atoms with E-state index in [0.717, 1.165) is 19.4 Å². The fourth-order valence-corrected chi connectivity index (χ4v) is 2.28. The van der Waals surface area contributed by atoms with E-state index < -0.39 is 0 Å². The number of hydrogen-bond donors (Lipinski definition) is 1. The molecule has 1 aliphatic rings. The number of hydrogen-bond acceptors (Lipinski definition) is 2. The van der Waals surface area contributed by atoms with Gasteiger partial charge in [-0.3, -0.25) is 4.79 Å². The molecule has 0 spiro atoms. The summed E-state index contributed by atoms with van der Waals surface area (Å²) < 4.78 is 0. The van der Waals surface area contributed by atoms with Gasteiger partial charge in [0.25, 0.3) is 0 Å². The Morgan fingerprint density at radius 2 is 2.12 bits per heavy atom. The van der Waals surface area contributed by atoms with Crippen LogP contribution >= 0.6 is 0 Å². The number of amides is 1. The number of rotatable bonds is 6. The van der Waals surface area contributed by atoms with Gasteiger partial charge in [-0.25, -0.2) is 0 Å². The monoisotopic (exact) mass is 238 g/mol. The van der Waals surface area contributed by atoms with Crippen molar-refractivity contribution in [1.29, 1.82) is 0 Å². The molecule has 0 saturated heterocycles. The Morgan fingerprint density at radius 3 is 2.59 bits per heavy atom. The van der Waals surface area contributed by atoms with Crippen LogP contribution in [0.2, 0.25) is 0 Å². The van der Waals surface area contributed by atoms with Gasteiger partial charge in [0, 0.05) is 18.6 Å². The Balaban J connectivity index is 2.52. The molecular formula is C14H26N2O. The fourth-order valence-electron chi connectivity index (χ4n) is 2.28. The van der Waals surface area contributed by atoms with Crippen LogP contribution in [0, 0.1) is 5.92 Å². The first-order valence-corrected chi connectivity index (χ1v) is 6.80. The van der Waals surface area contributed by atoms with Crippen LogP contribution in [0.5, 0.6) is 0 Å². The molecule has 3 nitrogen and oxygen atoms in total. The summed E-state index contributed by atoms with van der Waals surface area (Å²) >= 11 is 0. The third-order valence-corrected chi connectivity index (χ3v) is 3.34. The summed E-state index contributed by atoms with van der Waals surface area (Å²) in [5, 5.41) is 0. The predicted molar refractivity (Wildman–Crippen MR) is 71.6 cm³/mol. The van der Waals surface area contributed by atoms with Gasteiger partial charge < -0.3 is 10.6 Å². The van der Waals surface area contributed by atoms with Crippen LogP contribution in [0.15, 0.2) is 12.2 Å². The van der Waals surface area contributed by atoms with E-state index in [9.17, 15) is 4.79 Å². The number of carbonyl (C=O) groups is 1. The summed E-state index contributed by atoms with van der Waals surface area (Å²) in [5.74, 6) is 0.259. The van der Waals surface area contributed by atoms with Gasteiger partial charge in [0.05, 0.1) is 5.92 Å². The zero-order chi connectivity index (χ0) is 12.8. The van der Waals surface area contributed by atoms with Crippen LogP contribution in [0.3, 0.4) is 0 Å². The molecule has 0 aromatic heterocycles. The zero-order valence-electron chi connectivity index (χ0n) is 11.4. The highest BCUT2D eigenvalue weighted by Gasteiger charge is 2.27. The molecule has 0 bridgehead atoms. The lowest BCUT2D eigenvalue weighted by atomic mass is 10.0. The molecule has 0 heterocycles. The summed E-state index contributed by atoms with van der Waals surface area (Å²) in [6, 6.07) is 0.346. The molecule has 0 aliphatic heterocycles. The minimum absolute atomic E-state index is 0.00836. The number of unbranched alkanes of at least 4 members (excludes halogenated alkanes) is 2. The van der Waals surface area contributed by atoms with Crippen molar-refractivity contribution >= 4 is 5.91 Å². The molecule has 2 unspecified atom stereocenters. The van der Waals surface area contributed by atoms with Gasteiger partial charge in [-0.15, -0.1) is 0 Å². The molecule has 0 fully saturated rings. The minimum Gasteiger partial charge on any atom is -0.340 e. The molecule has 0 aromatic carbocycles. The normalized spacial score (nSPS) is 23.4. The largest absolute Gasteiger partial charge is 0.340 e. The molecule has 1 aliphatic carbocycles. The highest BCUT2D eigenvalue weighted by Crippen LogP contribution is 2.20. The maximum Gasteiger partial charge on any atom is 0.229 e. The molecular weight excluding hydrogens is 212 g/mol. The Labute approximate surface area is 105 Å². The first kappa shape index (κ1) is 14.2. The van der Waals surface area contributed by atoms with Gasteiger partial charge in [0.15, 0.2) is 0 Å². The summed E-state index contributed by atoms with van der Waals surface area (Å²) in [5.41, 5.74) is 5.80. The molecule has 3 heteroatoms. The third kappa shape index (κ3) is 4.15. The maximum atomic E-state index is 12.3. The quantitative estimate of drug-likeness (QED) is 0.570. The van der Waals surface area contributed by atoms with Crippen molar-refractivity contribution in [3.8, 4) is 0 Å². The molecule has 98 valence electrons. The Bertz CT molecular complexity index is 273. The van der Waals surface area contributed by atoms with Crippen molar-refractivity contribution in [2.45, 2.75) is 58.5 Å². The summed E-state index contributed by atoms with van der Waals surface area (Å²) in [4.78, 5) is 14.3.